The van der Waals surface area contributed by atoms with Crippen LogP contribution in [0.3, 0.4) is 0 Å². The lowest BCUT2D eigenvalue weighted by Gasteiger charge is -2.12. The van der Waals surface area contributed by atoms with Crippen molar-refractivity contribution in [2.24, 2.45) is 5.92 Å². The SMILES string of the molecule is CC(C)CC(=O)OCC1CCC(C)O1. The van der Waals surface area contributed by atoms with Crippen molar-refractivity contribution in [1.82, 2.24) is 0 Å². The number of carbonyl (C=O) groups excluding carboxylic acids is 1. The van der Waals surface area contributed by atoms with Crippen LogP contribution < -0.4 is 0 Å². The lowest BCUT2D eigenvalue weighted by Crippen LogP contribution is -2.19. The van der Waals surface area contributed by atoms with Gasteiger partial charge in [0.25, 0.3) is 0 Å². The quantitative estimate of drug-likeness (QED) is 0.652. The van der Waals surface area contributed by atoms with Gasteiger partial charge in [-0.2, -0.15) is 0 Å². The van der Waals surface area contributed by atoms with E-state index in [-0.39, 0.29) is 12.1 Å². The van der Waals surface area contributed by atoms with Crippen molar-refractivity contribution in [3.05, 3.63) is 0 Å². The van der Waals surface area contributed by atoms with Crippen LogP contribution >= 0.6 is 0 Å². The number of carbonyl (C=O) groups is 1. The molecule has 0 radical (unpaired) electrons. The highest BCUT2D eigenvalue weighted by Crippen LogP contribution is 2.19. The van der Waals surface area contributed by atoms with E-state index in [1.165, 1.54) is 0 Å². The van der Waals surface area contributed by atoms with Crippen molar-refractivity contribution >= 4 is 5.97 Å². The minimum Gasteiger partial charge on any atom is -0.463 e. The van der Waals surface area contributed by atoms with Crippen LogP contribution in [0.1, 0.15) is 40.0 Å². The average Bonchev–Trinajstić information content (AvgIpc) is 2.47. The Labute approximate surface area is 85.8 Å². The first-order valence-electron chi connectivity index (χ1n) is 5.39. The Bertz CT molecular complexity index is 189. The molecule has 0 aliphatic carbocycles. The fourth-order valence-electron chi connectivity index (χ4n) is 1.59. The highest BCUT2D eigenvalue weighted by molar-refractivity contribution is 5.69. The number of rotatable bonds is 4. The summed E-state index contributed by atoms with van der Waals surface area (Å²) in [7, 11) is 0. The molecule has 1 aliphatic rings. The topological polar surface area (TPSA) is 35.5 Å². The van der Waals surface area contributed by atoms with Gasteiger partial charge in [0.15, 0.2) is 0 Å². The van der Waals surface area contributed by atoms with E-state index in [1.807, 2.05) is 13.8 Å². The molecule has 1 aliphatic heterocycles. The van der Waals surface area contributed by atoms with Gasteiger partial charge < -0.3 is 9.47 Å². The lowest BCUT2D eigenvalue weighted by atomic mass is 10.1. The maximum atomic E-state index is 11.2. The van der Waals surface area contributed by atoms with E-state index in [4.69, 9.17) is 9.47 Å². The van der Waals surface area contributed by atoms with Crippen LogP contribution in [0.2, 0.25) is 0 Å². The molecule has 0 spiro atoms. The fourth-order valence-corrected chi connectivity index (χ4v) is 1.59. The second-order valence-electron chi connectivity index (χ2n) is 4.43. The molecule has 0 aromatic carbocycles. The van der Waals surface area contributed by atoms with Gasteiger partial charge in [-0.25, -0.2) is 0 Å². The van der Waals surface area contributed by atoms with Gasteiger partial charge in [0.1, 0.15) is 6.61 Å². The predicted octanol–water partition coefficient (Wildman–Crippen LogP) is 2.14. The summed E-state index contributed by atoms with van der Waals surface area (Å²) in [6, 6.07) is 0. The summed E-state index contributed by atoms with van der Waals surface area (Å²) in [5.74, 6) is 0.258. The van der Waals surface area contributed by atoms with Crippen LogP contribution in [-0.4, -0.2) is 24.8 Å². The lowest BCUT2D eigenvalue weighted by molar-refractivity contribution is -0.148. The standard InChI is InChI=1S/C11H20O3/c1-8(2)6-11(12)13-7-10-5-4-9(3)14-10/h8-10H,4-7H2,1-3H3. The van der Waals surface area contributed by atoms with Crippen molar-refractivity contribution in [2.75, 3.05) is 6.61 Å². The first-order chi connectivity index (χ1) is 6.58. The maximum absolute atomic E-state index is 11.2. The summed E-state index contributed by atoms with van der Waals surface area (Å²) < 4.78 is 10.7. The van der Waals surface area contributed by atoms with E-state index in [2.05, 4.69) is 6.92 Å². The van der Waals surface area contributed by atoms with E-state index >= 15 is 0 Å². The van der Waals surface area contributed by atoms with Crippen molar-refractivity contribution in [1.29, 1.82) is 0 Å². The van der Waals surface area contributed by atoms with Gasteiger partial charge in [-0.15, -0.1) is 0 Å². The highest BCUT2D eigenvalue weighted by Gasteiger charge is 2.22. The summed E-state index contributed by atoms with van der Waals surface area (Å²) in [5.41, 5.74) is 0. The van der Waals surface area contributed by atoms with Gasteiger partial charge in [-0.05, 0) is 25.7 Å². The smallest absolute Gasteiger partial charge is 0.306 e. The minimum absolute atomic E-state index is 0.108. The first-order valence-corrected chi connectivity index (χ1v) is 5.39. The summed E-state index contributed by atoms with van der Waals surface area (Å²) in [5, 5.41) is 0. The number of hydrogen-bond acceptors (Lipinski definition) is 3. The minimum atomic E-state index is -0.108. The van der Waals surface area contributed by atoms with E-state index in [1.54, 1.807) is 0 Å². The molecule has 1 heterocycles. The van der Waals surface area contributed by atoms with Crippen LogP contribution in [0.5, 0.6) is 0 Å². The number of esters is 1. The molecule has 0 N–H and O–H groups in total. The summed E-state index contributed by atoms with van der Waals surface area (Å²) >= 11 is 0. The Morgan fingerprint density at radius 1 is 1.50 bits per heavy atom. The van der Waals surface area contributed by atoms with Crippen LogP contribution in [0, 0.1) is 5.92 Å². The number of hydrogen-bond donors (Lipinski definition) is 0. The Kier molecular flexibility index (Phi) is 4.39. The largest absolute Gasteiger partial charge is 0.463 e. The number of ether oxygens (including phenoxy) is 2. The summed E-state index contributed by atoms with van der Waals surface area (Å²) in [6.07, 6.45) is 3.04. The third-order valence-electron chi connectivity index (χ3n) is 2.33. The van der Waals surface area contributed by atoms with Crippen molar-refractivity contribution in [3.63, 3.8) is 0 Å². The van der Waals surface area contributed by atoms with Gasteiger partial charge in [0.05, 0.1) is 12.2 Å². The Morgan fingerprint density at radius 2 is 2.21 bits per heavy atom. The molecule has 3 nitrogen and oxygen atoms in total. The van der Waals surface area contributed by atoms with Gasteiger partial charge in [0, 0.05) is 6.42 Å². The van der Waals surface area contributed by atoms with Crippen LogP contribution in [-0.2, 0) is 14.3 Å². The molecule has 0 aromatic heterocycles. The molecule has 0 amide bonds. The molecule has 0 bridgehead atoms. The van der Waals surface area contributed by atoms with E-state index in [0.717, 1.165) is 12.8 Å². The monoisotopic (exact) mass is 200 g/mol. The molecule has 14 heavy (non-hydrogen) atoms. The summed E-state index contributed by atoms with van der Waals surface area (Å²) in [6.45, 7) is 6.50. The molecule has 1 fully saturated rings. The molecule has 82 valence electrons. The molecular weight excluding hydrogens is 180 g/mol. The zero-order valence-electron chi connectivity index (χ0n) is 9.29. The molecule has 3 heteroatoms. The van der Waals surface area contributed by atoms with Crippen LogP contribution in [0.25, 0.3) is 0 Å². The molecule has 2 unspecified atom stereocenters. The van der Waals surface area contributed by atoms with Gasteiger partial charge in [-0.3, -0.25) is 4.79 Å². The van der Waals surface area contributed by atoms with Gasteiger partial charge >= 0.3 is 5.97 Å². The molecule has 1 saturated heterocycles. The molecule has 1 rings (SSSR count). The summed E-state index contributed by atoms with van der Waals surface area (Å²) in [4.78, 5) is 11.2. The Hall–Kier alpha value is -0.570. The molecule has 0 aromatic rings. The zero-order chi connectivity index (χ0) is 10.6. The van der Waals surface area contributed by atoms with Crippen LogP contribution in [0.4, 0.5) is 0 Å². The van der Waals surface area contributed by atoms with Crippen molar-refractivity contribution in [3.8, 4) is 0 Å². The predicted molar refractivity (Wildman–Crippen MR) is 54.0 cm³/mol. The van der Waals surface area contributed by atoms with E-state index in [0.29, 0.717) is 25.0 Å². The normalized spacial score (nSPS) is 26.9. The Balaban J connectivity index is 2.11. The molecular formula is C11H20O3. The molecule has 0 saturated carbocycles. The van der Waals surface area contributed by atoms with Crippen molar-refractivity contribution < 1.29 is 14.3 Å². The fraction of sp³-hybridized carbons (Fsp3) is 0.909. The van der Waals surface area contributed by atoms with Crippen molar-refractivity contribution in [2.45, 2.75) is 52.2 Å². The zero-order valence-corrected chi connectivity index (χ0v) is 9.29. The van der Waals surface area contributed by atoms with Gasteiger partial charge in [-0.1, -0.05) is 13.8 Å². The average molecular weight is 200 g/mol. The van der Waals surface area contributed by atoms with Crippen LogP contribution in [0.15, 0.2) is 0 Å². The third kappa shape index (κ3) is 4.09. The highest BCUT2D eigenvalue weighted by atomic mass is 16.6. The van der Waals surface area contributed by atoms with E-state index in [9.17, 15) is 4.79 Å². The van der Waals surface area contributed by atoms with Gasteiger partial charge in [0.2, 0.25) is 0 Å². The molecule has 2 atom stereocenters. The first kappa shape index (κ1) is 11.5. The third-order valence-corrected chi connectivity index (χ3v) is 2.33. The second kappa shape index (κ2) is 5.35. The second-order valence-corrected chi connectivity index (χ2v) is 4.43. The van der Waals surface area contributed by atoms with E-state index < -0.39 is 0 Å². The maximum Gasteiger partial charge on any atom is 0.306 e. The Morgan fingerprint density at radius 3 is 2.71 bits per heavy atom.